The van der Waals surface area contributed by atoms with E-state index >= 15 is 0 Å². The molecule has 0 radical (unpaired) electrons. The van der Waals surface area contributed by atoms with Crippen LogP contribution in [0.5, 0.6) is 0 Å². The molecule has 3 rings (SSSR count). The van der Waals surface area contributed by atoms with Crippen LogP contribution in [0, 0.1) is 11.3 Å². The van der Waals surface area contributed by atoms with Gasteiger partial charge in [-0.05, 0) is 49.3 Å². The third-order valence-electron chi connectivity index (χ3n) is 4.89. The number of aromatic nitrogens is 1. The van der Waals surface area contributed by atoms with Crippen LogP contribution < -0.4 is 10.2 Å². The summed E-state index contributed by atoms with van der Waals surface area (Å²) in [5.74, 6) is 0.908. The molecule has 1 aromatic heterocycles. The number of nitrogens with one attached hydrogen (secondary N) is 1. The van der Waals surface area contributed by atoms with E-state index < -0.39 is 0 Å². The fraction of sp³-hybridized carbons (Fsp3) is 0.688. The highest BCUT2D eigenvalue weighted by atomic mass is 15.1. The number of rotatable bonds is 4. The van der Waals surface area contributed by atoms with Gasteiger partial charge in [0.05, 0.1) is 0 Å². The molecule has 2 aliphatic rings. The first-order valence-electron chi connectivity index (χ1n) is 7.53. The lowest BCUT2D eigenvalue weighted by Gasteiger charge is -2.34. The molecule has 1 atom stereocenters. The molecule has 1 aliphatic carbocycles. The topological polar surface area (TPSA) is 28.2 Å². The highest BCUT2D eigenvalue weighted by Crippen LogP contribution is 2.51. The normalized spacial score (nSPS) is 26.4. The maximum Gasteiger partial charge on any atom is 0.0397 e. The van der Waals surface area contributed by atoms with E-state index in [2.05, 4.69) is 41.2 Å². The highest BCUT2D eigenvalue weighted by Gasteiger charge is 2.45. The Labute approximate surface area is 116 Å². The van der Waals surface area contributed by atoms with E-state index in [1.54, 1.807) is 0 Å². The van der Waals surface area contributed by atoms with Crippen molar-refractivity contribution in [2.75, 3.05) is 24.5 Å². The van der Waals surface area contributed by atoms with Crippen LogP contribution in [-0.4, -0.2) is 30.7 Å². The van der Waals surface area contributed by atoms with Crippen LogP contribution in [-0.2, 0) is 0 Å². The molecule has 2 heterocycles. The molecule has 2 fully saturated rings. The molecule has 0 aromatic carbocycles. The van der Waals surface area contributed by atoms with Gasteiger partial charge in [-0.3, -0.25) is 4.98 Å². The molecule has 0 bridgehead atoms. The van der Waals surface area contributed by atoms with Crippen molar-refractivity contribution in [2.45, 2.75) is 39.2 Å². The summed E-state index contributed by atoms with van der Waals surface area (Å²) in [4.78, 5) is 6.56. The molecule has 3 nitrogen and oxygen atoms in total. The smallest absolute Gasteiger partial charge is 0.0397 e. The van der Waals surface area contributed by atoms with Gasteiger partial charge in [0.1, 0.15) is 0 Å². The molecular formula is C16H25N3. The minimum atomic E-state index is 0.602. The summed E-state index contributed by atoms with van der Waals surface area (Å²) in [5.41, 5.74) is 1.92. The zero-order valence-corrected chi connectivity index (χ0v) is 12.1. The third-order valence-corrected chi connectivity index (χ3v) is 4.89. The molecule has 1 aliphatic heterocycles. The average Bonchev–Trinajstić information content (AvgIpc) is 3.06. The fourth-order valence-corrected chi connectivity index (χ4v) is 3.13. The van der Waals surface area contributed by atoms with Crippen LogP contribution in [0.3, 0.4) is 0 Å². The second-order valence-electron chi connectivity index (χ2n) is 6.76. The second-order valence-corrected chi connectivity index (χ2v) is 6.76. The van der Waals surface area contributed by atoms with E-state index in [-0.39, 0.29) is 0 Å². The Morgan fingerprint density at radius 3 is 2.47 bits per heavy atom. The zero-order valence-electron chi connectivity index (χ0n) is 12.1. The summed E-state index contributed by atoms with van der Waals surface area (Å²) in [6.07, 6.45) is 7.69. The predicted molar refractivity (Wildman–Crippen MR) is 79.4 cm³/mol. The Kier molecular flexibility index (Phi) is 3.48. The van der Waals surface area contributed by atoms with Crippen molar-refractivity contribution in [1.29, 1.82) is 0 Å². The van der Waals surface area contributed by atoms with E-state index in [9.17, 15) is 0 Å². The van der Waals surface area contributed by atoms with E-state index in [1.165, 1.54) is 31.5 Å². The molecule has 0 spiro atoms. The number of nitrogens with zero attached hydrogens (tertiary/aromatic N) is 2. The SMILES string of the molecule is CC1(C)CC1CNC1CCN(c2ccncc2)CC1. The molecular weight excluding hydrogens is 234 g/mol. The van der Waals surface area contributed by atoms with Gasteiger partial charge < -0.3 is 10.2 Å². The molecule has 3 heteroatoms. The summed E-state index contributed by atoms with van der Waals surface area (Å²) < 4.78 is 0. The van der Waals surface area contributed by atoms with Gasteiger partial charge in [-0.25, -0.2) is 0 Å². The van der Waals surface area contributed by atoms with E-state index in [0.29, 0.717) is 5.41 Å². The quantitative estimate of drug-likeness (QED) is 0.901. The van der Waals surface area contributed by atoms with Gasteiger partial charge in [-0.1, -0.05) is 13.8 Å². The lowest BCUT2D eigenvalue weighted by molar-refractivity contribution is 0.394. The van der Waals surface area contributed by atoms with Gasteiger partial charge in [-0.2, -0.15) is 0 Å². The first kappa shape index (κ1) is 12.9. The van der Waals surface area contributed by atoms with Gasteiger partial charge in [0, 0.05) is 37.2 Å². The number of pyridine rings is 1. The van der Waals surface area contributed by atoms with Crippen molar-refractivity contribution in [1.82, 2.24) is 10.3 Å². The van der Waals surface area contributed by atoms with Gasteiger partial charge in [0.2, 0.25) is 0 Å². The van der Waals surface area contributed by atoms with Gasteiger partial charge >= 0.3 is 0 Å². The molecule has 104 valence electrons. The largest absolute Gasteiger partial charge is 0.371 e. The van der Waals surface area contributed by atoms with Crippen molar-refractivity contribution < 1.29 is 0 Å². The second kappa shape index (κ2) is 5.12. The van der Waals surface area contributed by atoms with Gasteiger partial charge in [0.25, 0.3) is 0 Å². The predicted octanol–water partition coefficient (Wildman–Crippen LogP) is 2.69. The molecule has 1 aromatic rings. The lowest BCUT2D eigenvalue weighted by Crippen LogP contribution is -2.43. The first-order valence-corrected chi connectivity index (χ1v) is 7.53. The van der Waals surface area contributed by atoms with Gasteiger partial charge in [0.15, 0.2) is 0 Å². The minimum absolute atomic E-state index is 0.602. The molecule has 1 saturated carbocycles. The van der Waals surface area contributed by atoms with E-state index in [0.717, 1.165) is 25.0 Å². The maximum absolute atomic E-state index is 4.09. The Hall–Kier alpha value is -1.09. The first-order chi connectivity index (χ1) is 9.15. The number of hydrogen-bond acceptors (Lipinski definition) is 3. The Balaban J connectivity index is 1.42. The fourth-order valence-electron chi connectivity index (χ4n) is 3.13. The highest BCUT2D eigenvalue weighted by molar-refractivity contribution is 5.44. The van der Waals surface area contributed by atoms with Crippen molar-refractivity contribution in [3.05, 3.63) is 24.5 Å². The van der Waals surface area contributed by atoms with Crippen LogP contribution in [0.1, 0.15) is 33.1 Å². The zero-order chi connectivity index (χ0) is 13.3. The summed E-state index contributed by atoms with van der Waals surface area (Å²) in [5, 5.41) is 3.77. The molecule has 19 heavy (non-hydrogen) atoms. The number of hydrogen-bond donors (Lipinski definition) is 1. The third kappa shape index (κ3) is 3.08. The van der Waals surface area contributed by atoms with Crippen molar-refractivity contribution in [2.24, 2.45) is 11.3 Å². The summed E-state index contributed by atoms with van der Waals surface area (Å²) in [6.45, 7) is 8.30. The lowest BCUT2D eigenvalue weighted by atomic mass is 10.0. The average molecular weight is 259 g/mol. The molecule has 0 amide bonds. The maximum atomic E-state index is 4.09. The van der Waals surface area contributed by atoms with Crippen LogP contribution in [0.4, 0.5) is 5.69 Å². The molecule has 1 unspecified atom stereocenters. The standard InChI is InChI=1S/C16H25N3/c1-16(2)11-13(16)12-18-14-5-9-19(10-6-14)15-3-7-17-8-4-15/h3-4,7-8,13-14,18H,5-6,9-12H2,1-2H3. The van der Waals surface area contributed by atoms with Crippen LogP contribution >= 0.6 is 0 Å². The summed E-state index contributed by atoms with van der Waals surface area (Å²) in [6, 6.07) is 4.94. The summed E-state index contributed by atoms with van der Waals surface area (Å²) >= 11 is 0. The minimum Gasteiger partial charge on any atom is -0.371 e. The number of anilines is 1. The molecule has 1 N–H and O–H groups in total. The monoisotopic (exact) mass is 259 g/mol. The van der Waals surface area contributed by atoms with Crippen molar-refractivity contribution in [3.63, 3.8) is 0 Å². The van der Waals surface area contributed by atoms with Crippen LogP contribution in [0.15, 0.2) is 24.5 Å². The van der Waals surface area contributed by atoms with Crippen molar-refractivity contribution in [3.8, 4) is 0 Å². The van der Waals surface area contributed by atoms with Crippen LogP contribution in [0.25, 0.3) is 0 Å². The van der Waals surface area contributed by atoms with Crippen molar-refractivity contribution >= 4 is 5.69 Å². The van der Waals surface area contributed by atoms with E-state index in [4.69, 9.17) is 0 Å². The Morgan fingerprint density at radius 1 is 1.26 bits per heavy atom. The van der Waals surface area contributed by atoms with Crippen LogP contribution in [0.2, 0.25) is 0 Å². The Bertz CT molecular complexity index is 407. The Morgan fingerprint density at radius 2 is 1.89 bits per heavy atom. The van der Waals surface area contributed by atoms with Gasteiger partial charge in [-0.15, -0.1) is 0 Å². The number of piperidine rings is 1. The van der Waals surface area contributed by atoms with E-state index in [1.807, 2.05) is 12.4 Å². The molecule has 1 saturated heterocycles. The summed E-state index contributed by atoms with van der Waals surface area (Å²) in [7, 11) is 0.